The van der Waals surface area contributed by atoms with Gasteiger partial charge in [-0.3, -0.25) is 14.5 Å². The summed E-state index contributed by atoms with van der Waals surface area (Å²) in [6, 6.07) is 7.37. The Kier molecular flexibility index (Phi) is 3.65. The zero-order valence-corrected chi connectivity index (χ0v) is 16.4. The molecule has 1 heterocycles. The Bertz CT molecular complexity index is 858. The van der Waals surface area contributed by atoms with Gasteiger partial charge in [0.25, 0.3) is 0 Å². The van der Waals surface area contributed by atoms with Crippen LogP contribution >= 0.6 is 0 Å². The van der Waals surface area contributed by atoms with E-state index in [1.54, 1.807) is 12.1 Å². The van der Waals surface area contributed by atoms with Gasteiger partial charge < -0.3 is 4.74 Å². The summed E-state index contributed by atoms with van der Waals surface area (Å²) in [5.41, 5.74) is 1.16. The molecule has 3 fully saturated rings. The fraction of sp³-hybridized carbons (Fsp3) is 0.522. The summed E-state index contributed by atoms with van der Waals surface area (Å²) in [6.07, 6.45) is 5.38. The van der Waals surface area contributed by atoms with Crippen molar-refractivity contribution >= 4 is 17.8 Å². The van der Waals surface area contributed by atoms with E-state index in [0.717, 1.165) is 16.9 Å². The third-order valence-corrected chi connectivity index (χ3v) is 6.99. The number of likely N-dealkylation sites (tertiary alicyclic amines) is 1. The smallest absolute Gasteiger partial charge is 0.331 e. The van der Waals surface area contributed by atoms with Gasteiger partial charge in [0.2, 0.25) is 11.8 Å². The number of esters is 1. The van der Waals surface area contributed by atoms with Crippen molar-refractivity contribution in [3.63, 3.8) is 0 Å². The lowest BCUT2D eigenvalue weighted by molar-refractivity contribution is -0.148. The first-order valence-electron chi connectivity index (χ1n) is 10.1. The number of carbonyl (C=O) groups excluding carboxylic acids is 3. The summed E-state index contributed by atoms with van der Waals surface area (Å²) in [7, 11) is 0. The maximum atomic E-state index is 12.9. The van der Waals surface area contributed by atoms with Crippen LogP contribution in [0.15, 0.2) is 36.4 Å². The molecule has 2 amide bonds. The monoisotopic (exact) mass is 379 g/mol. The quantitative estimate of drug-likeness (QED) is 0.351. The van der Waals surface area contributed by atoms with Crippen molar-refractivity contribution in [3.8, 4) is 5.75 Å². The zero-order chi connectivity index (χ0) is 19.8. The van der Waals surface area contributed by atoms with E-state index in [9.17, 15) is 14.4 Å². The summed E-state index contributed by atoms with van der Waals surface area (Å²) < 4.78 is 5.39. The molecule has 1 aromatic rings. The molecule has 0 radical (unpaired) electrons. The first-order chi connectivity index (χ1) is 13.3. The lowest BCUT2D eigenvalue weighted by atomic mass is 9.63. The van der Waals surface area contributed by atoms with Gasteiger partial charge in [0.15, 0.2) is 0 Å². The summed E-state index contributed by atoms with van der Waals surface area (Å²) >= 11 is 0. The van der Waals surface area contributed by atoms with Crippen LogP contribution in [0, 0.1) is 35.5 Å². The van der Waals surface area contributed by atoms with Crippen LogP contribution in [0.25, 0.3) is 0 Å². The predicted molar refractivity (Wildman–Crippen MR) is 102 cm³/mol. The first kappa shape index (κ1) is 17.7. The number of benzene rings is 1. The molecule has 0 spiro atoms. The Balaban J connectivity index is 1.27. The van der Waals surface area contributed by atoms with Crippen molar-refractivity contribution in [1.29, 1.82) is 0 Å². The number of imide groups is 1. The normalized spacial score (nSPS) is 35.0. The second kappa shape index (κ2) is 5.79. The number of nitrogens with zero attached hydrogens (tertiary/aromatic N) is 1. The first-order valence-corrected chi connectivity index (χ1v) is 10.1. The lowest BCUT2D eigenvalue weighted by Gasteiger charge is -2.37. The Morgan fingerprint density at radius 3 is 2.04 bits per heavy atom. The highest BCUT2D eigenvalue weighted by Gasteiger charge is 2.67. The maximum absolute atomic E-state index is 12.9. The van der Waals surface area contributed by atoms with Crippen LogP contribution in [0.1, 0.15) is 32.8 Å². The topological polar surface area (TPSA) is 63.7 Å². The molecule has 6 atom stereocenters. The van der Waals surface area contributed by atoms with E-state index in [1.165, 1.54) is 0 Å². The van der Waals surface area contributed by atoms with Gasteiger partial charge in [-0.15, -0.1) is 0 Å². The number of carbonyl (C=O) groups is 3. The number of hydrogen-bond donors (Lipinski definition) is 0. The molecule has 4 aliphatic carbocycles. The SMILES string of the molecule is CC(C)(C)c1ccc(OC(=O)CN2C(=O)[C@@H]3[C@@H]4C=C[C@H]([C@@H]5C[C@H]45)[C@@H]3C2=O)cc1. The molecule has 5 aliphatic rings. The van der Waals surface area contributed by atoms with Crippen LogP contribution in [0.4, 0.5) is 0 Å². The van der Waals surface area contributed by atoms with Crippen LogP contribution in [0.3, 0.4) is 0 Å². The average molecular weight is 379 g/mol. The molecule has 1 aromatic carbocycles. The summed E-state index contributed by atoms with van der Waals surface area (Å²) in [6.45, 7) is 6.04. The van der Waals surface area contributed by atoms with Crippen LogP contribution in [0.2, 0.25) is 0 Å². The summed E-state index contributed by atoms with van der Waals surface area (Å²) in [4.78, 5) is 39.4. The molecule has 6 rings (SSSR count). The van der Waals surface area contributed by atoms with E-state index in [1.807, 2.05) is 12.1 Å². The van der Waals surface area contributed by atoms with Crippen molar-refractivity contribution in [2.24, 2.45) is 35.5 Å². The third-order valence-electron chi connectivity index (χ3n) is 6.99. The van der Waals surface area contributed by atoms with Crippen molar-refractivity contribution in [2.45, 2.75) is 32.6 Å². The number of ether oxygens (including phenoxy) is 1. The maximum Gasteiger partial charge on any atom is 0.331 e. The molecule has 0 N–H and O–H groups in total. The summed E-state index contributed by atoms with van der Waals surface area (Å²) in [5.74, 6) is 0.369. The number of amides is 2. The van der Waals surface area contributed by atoms with Crippen molar-refractivity contribution < 1.29 is 19.1 Å². The molecule has 1 saturated heterocycles. The largest absolute Gasteiger partial charge is 0.425 e. The fourth-order valence-electron chi connectivity index (χ4n) is 5.49. The average Bonchev–Trinajstić information content (AvgIpc) is 3.43. The molecule has 5 heteroatoms. The molecule has 28 heavy (non-hydrogen) atoms. The molecular weight excluding hydrogens is 354 g/mol. The van der Waals surface area contributed by atoms with Crippen LogP contribution in [0.5, 0.6) is 5.75 Å². The molecule has 0 aromatic heterocycles. The van der Waals surface area contributed by atoms with E-state index in [0.29, 0.717) is 17.6 Å². The van der Waals surface area contributed by atoms with Crippen LogP contribution in [-0.4, -0.2) is 29.2 Å². The van der Waals surface area contributed by atoms with E-state index in [2.05, 4.69) is 32.9 Å². The number of rotatable bonds is 3. The van der Waals surface area contributed by atoms with Gasteiger partial charge in [-0.1, -0.05) is 45.1 Å². The highest BCUT2D eigenvalue weighted by atomic mass is 16.5. The lowest BCUT2D eigenvalue weighted by Crippen LogP contribution is -2.40. The molecule has 5 nitrogen and oxygen atoms in total. The molecular formula is C23H25NO4. The Morgan fingerprint density at radius 1 is 1.00 bits per heavy atom. The highest BCUT2D eigenvalue weighted by molar-refractivity contribution is 6.08. The van der Waals surface area contributed by atoms with Crippen molar-refractivity contribution in [2.75, 3.05) is 6.54 Å². The highest BCUT2D eigenvalue weighted by Crippen LogP contribution is 2.65. The molecule has 2 bridgehead atoms. The van der Waals surface area contributed by atoms with E-state index >= 15 is 0 Å². The zero-order valence-electron chi connectivity index (χ0n) is 16.4. The van der Waals surface area contributed by atoms with Gasteiger partial charge in [-0.2, -0.15) is 0 Å². The van der Waals surface area contributed by atoms with Gasteiger partial charge in [0.1, 0.15) is 12.3 Å². The molecule has 2 saturated carbocycles. The second-order valence-electron chi connectivity index (χ2n) is 9.67. The third kappa shape index (κ3) is 2.55. The Morgan fingerprint density at radius 2 is 1.54 bits per heavy atom. The molecule has 0 unspecified atom stereocenters. The van der Waals surface area contributed by atoms with Gasteiger partial charge in [-0.05, 0) is 53.2 Å². The number of allylic oxidation sites excluding steroid dienone is 2. The molecule has 146 valence electrons. The fourth-order valence-corrected chi connectivity index (χ4v) is 5.49. The van der Waals surface area contributed by atoms with Gasteiger partial charge in [0, 0.05) is 0 Å². The summed E-state index contributed by atoms with van der Waals surface area (Å²) in [5, 5.41) is 0. The van der Waals surface area contributed by atoms with Gasteiger partial charge in [0.05, 0.1) is 11.8 Å². The Labute approximate surface area is 164 Å². The van der Waals surface area contributed by atoms with E-state index in [4.69, 9.17) is 4.74 Å². The Hall–Kier alpha value is -2.43. The van der Waals surface area contributed by atoms with E-state index in [-0.39, 0.29) is 47.4 Å². The predicted octanol–water partition coefficient (Wildman–Crippen LogP) is 2.94. The molecule has 1 aliphatic heterocycles. The number of hydrogen-bond acceptors (Lipinski definition) is 4. The minimum absolute atomic E-state index is 0.0152. The van der Waals surface area contributed by atoms with Gasteiger partial charge >= 0.3 is 5.97 Å². The van der Waals surface area contributed by atoms with Crippen molar-refractivity contribution in [3.05, 3.63) is 42.0 Å². The minimum atomic E-state index is -0.575. The van der Waals surface area contributed by atoms with Crippen LogP contribution < -0.4 is 4.74 Å². The van der Waals surface area contributed by atoms with E-state index < -0.39 is 5.97 Å². The van der Waals surface area contributed by atoms with Crippen LogP contribution in [-0.2, 0) is 19.8 Å². The van der Waals surface area contributed by atoms with Gasteiger partial charge in [-0.25, -0.2) is 4.79 Å². The second-order valence-corrected chi connectivity index (χ2v) is 9.67. The minimum Gasteiger partial charge on any atom is -0.425 e. The van der Waals surface area contributed by atoms with Crippen molar-refractivity contribution in [1.82, 2.24) is 4.90 Å². The standard InChI is InChI=1S/C23H25NO4/c1-23(2,3)12-4-6-13(7-5-12)28-18(25)11-24-21(26)19-14-8-9-15(17-10-16(14)17)20(19)22(24)27/h4-9,14-17,19-20H,10-11H2,1-3H3/t14-,15-,16-,17+,19-,20+/m1/s1.